The summed E-state index contributed by atoms with van der Waals surface area (Å²) in [5, 5.41) is 22.1. The molecular weight excluding hydrogens is 244 g/mol. The summed E-state index contributed by atoms with van der Waals surface area (Å²) < 4.78 is 0. The van der Waals surface area contributed by atoms with Gasteiger partial charge >= 0.3 is 0 Å². The summed E-state index contributed by atoms with van der Waals surface area (Å²) in [6, 6.07) is 12.4. The maximum absolute atomic E-state index is 11.7. The van der Waals surface area contributed by atoms with Gasteiger partial charge in [-0.25, -0.2) is 5.43 Å². The summed E-state index contributed by atoms with van der Waals surface area (Å²) in [7, 11) is 0. The molecule has 0 fully saturated rings. The van der Waals surface area contributed by atoms with Crippen LogP contribution in [0.5, 0.6) is 11.5 Å². The van der Waals surface area contributed by atoms with Crippen LogP contribution in [0.1, 0.15) is 15.9 Å². The fourth-order valence-electron chi connectivity index (χ4n) is 1.44. The average molecular weight is 256 g/mol. The summed E-state index contributed by atoms with van der Waals surface area (Å²) in [5.74, 6) is -0.220. The largest absolute Gasteiger partial charge is 0.508 e. The Kier molecular flexibility index (Phi) is 3.78. The maximum Gasteiger partial charge on any atom is 0.271 e. The summed E-state index contributed by atoms with van der Waals surface area (Å²) in [5.41, 5.74) is 3.41. The van der Waals surface area contributed by atoms with E-state index in [1.807, 2.05) is 0 Å². The van der Waals surface area contributed by atoms with E-state index in [4.69, 9.17) is 5.11 Å². The van der Waals surface area contributed by atoms with Gasteiger partial charge < -0.3 is 10.2 Å². The van der Waals surface area contributed by atoms with Crippen LogP contribution in [0.2, 0.25) is 0 Å². The summed E-state index contributed by atoms with van der Waals surface area (Å²) >= 11 is 0. The fraction of sp³-hybridized carbons (Fsp3) is 0. The van der Waals surface area contributed by atoms with Crippen LogP contribution in [0.4, 0.5) is 0 Å². The molecule has 0 unspecified atom stereocenters. The molecule has 0 aliphatic heterocycles. The second-order valence-electron chi connectivity index (χ2n) is 3.84. The Morgan fingerprint density at radius 3 is 2.47 bits per heavy atom. The zero-order valence-electron chi connectivity index (χ0n) is 9.95. The quantitative estimate of drug-likeness (QED) is 0.579. The van der Waals surface area contributed by atoms with E-state index in [0.717, 1.165) is 5.56 Å². The third kappa shape index (κ3) is 3.57. The van der Waals surface area contributed by atoms with Crippen molar-refractivity contribution in [2.45, 2.75) is 0 Å². The molecule has 1 amide bonds. The normalized spacial score (nSPS) is 10.5. The monoisotopic (exact) mass is 256 g/mol. The molecule has 0 saturated heterocycles. The molecule has 5 heteroatoms. The highest BCUT2D eigenvalue weighted by atomic mass is 16.3. The number of aromatic hydroxyl groups is 2. The molecule has 0 atom stereocenters. The van der Waals surface area contributed by atoms with Crippen molar-refractivity contribution in [1.29, 1.82) is 0 Å². The third-order valence-electron chi connectivity index (χ3n) is 2.38. The smallest absolute Gasteiger partial charge is 0.271 e. The number of rotatable bonds is 3. The Morgan fingerprint density at radius 2 is 1.79 bits per heavy atom. The molecule has 5 nitrogen and oxygen atoms in total. The highest BCUT2D eigenvalue weighted by molar-refractivity contribution is 5.95. The van der Waals surface area contributed by atoms with Crippen molar-refractivity contribution in [2.75, 3.05) is 0 Å². The second kappa shape index (κ2) is 5.68. The van der Waals surface area contributed by atoms with Crippen molar-refractivity contribution < 1.29 is 15.0 Å². The van der Waals surface area contributed by atoms with Crippen molar-refractivity contribution in [3.63, 3.8) is 0 Å². The van der Waals surface area contributed by atoms with Gasteiger partial charge in [0, 0.05) is 5.56 Å². The lowest BCUT2D eigenvalue weighted by Crippen LogP contribution is -2.17. The van der Waals surface area contributed by atoms with Gasteiger partial charge in [-0.2, -0.15) is 5.10 Å². The van der Waals surface area contributed by atoms with Gasteiger partial charge in [-0.05, 0) is 48.0 Å². The molecule has 0 bridgehead atoms. The lowest BCUT2D eigenvalue weighted by Gasteiger charge is -2.00. The molecule has 96 valence electrons. The first-order valence-electron chi connectivity index (χ1n) is 5.56. The van der Waals surface area contributed by atoms with Gasteiger partial charge in [0.15, 0.2) is 0 Å². The number of hydrogen-bond acceptors (Lipinski definition) is 4. The summed E-state index contributed by atoms with van der Waals surface area (Å²) in [4.78, 5) is 11.7. The van der Waals surface area contributed by atoms with Crippen LogP contribution in [0.25, 0.3) is 0 Å². The highest BCUT2D eigenvalue weighted by Gasteiger charge is 2.03. The van der Waals surface area contributed by atoms with Crippen LogP contribution >= 0.6 is 0 Å². The van der Waals surface area contributed by atoms with Crippen LogP contribution in [0.15, 0.2) is 53.6 Å². The van der Waals surface area contributed by atoms with Crippen LogP contribution in [-0.2, 0) is 0 Å². The van der Waals surface area contributed by atoms with Crippen molar-refractivity contribution >= 4 is 12.1 Å². The minimum Gasteiger partial charge on any atom is -0.508 e. The molecule has 0 aliphatic carbocycles. The Bertz CT molecular complexity index is 606. The van der Waals surface area contributed by atoms with Gasteiger partial charge in [0.25, 0.3) is 5.91 Å². The molecule has 3 N–H and O–H groups in total. The SMILES string of the molecule is O=C(N/N=C\c1ccc(O)cc1)c1cccc(O)c1. The van der Waals surface area contributed by atoms with Gasteiger partial charge in [-0.15, -0.1) is 0 Å². The first kappa shape index (κ1) is 12.6. The van der Waals surface area contributed by atoms with E-state index >= 15 is 0 Å². The second-order valence-corrected chi connectivity index (χ2v) is 3.84. The van der Waals surface area contributed by atoms with E-state index in [9.17, 15) is 9.90 Å². The zero-order valence-corrected chi connectivity index (χ0v) is 9.95. The Labute approximate surface area is 109 Å². The lowest BCUT2D eigenvalue weighted by atomic mass is 10.2. The number of carbonyl (C=O) groups excluding carboxylic acids is 1. The predicted octanol–water partition coefficient (Wildman–Crippen LogP) is 1.86. The molecule has 0 spiro atoms. The number of nitrogens with one attached hydrogen (secondary N) is 1. The zero-order chi connectivity index (χ0) is 13.7. The number of hydrogen-bond donors (Lipinski definition) is 3. The predicted molar refractivity (Wildman–Crippen MR) is 71.3 cm³/mol. The summed E-state index contributed by atoms with van der Waals surface area (Å²) in [6.45, 7) is 0. The standard InChI is InChI=1S/C14H12N2O3/c17-12-6-4-10(5-7-12)9-15-16-14(19)11-2-1-3-13(18)8-11/h1-9,17-18H,(H,16,19)/b15-9-. The van der Waals surface area contributed by atoms with Crippen molar-refractivity contribution in [3.8, 4) is 11.5 Å². The topological polar surface area (TPSA) is 81.9 Å². The van der Waals surface area contributed by atoms with Crippen molar-refractivity contribution in [1.82, 2.24) is 5.43 Å². The average Bonchev–Trinajstić information content (AvgIpc) is 2.41. The number of phenols is 2. The van der Waals surface area contributed by atoms with Crippen molar-refractivity contribution in [3.05, 3.63) is 59.7 Å². The fourth-order valence-corrected chi connectivity index (χ4v) is 1.44. The van der Waals surface area contributed by atoms with Gasteiger partial charge in [-0.1, -0.05) is 6.07 Å². The van der Waals surface area contributed by atoms with Crippen LogP contribution < -0.4 is 5.43 Å². The van der Waals surface area contributed by atoms with E-state index in [1.54, 1.807) is 24.3 Å². The van der Waals surface area contributed by atoms with Crippen molar-refractivity contribution in [2.24, 2.45) is 5.10 Å². The van der Waals surface area contributed by atoms with E-state index in [-0.39, 0.29) is 11.5 Å². The third-order valence-corrected chi connectivity index (χ3v) is 2.38. The number of phenolic OH excluding ortho intramolecular Hbond substituents is 2. The molecule has 2 aromatic carbocycles. The van der Waals surface area contributed by atoms with Crippen LogP contribution in [0.3, 0.4) is 0 Å². The number of benzene rings is 2. The van der Waals surface area contributed by atoms with E-state index in [1.165, 1.54) is 30.5 Å². The lowest BCUT2D eigenvalue weighted by molar-refractivity contribution is 0.0954. The maximum atomic E-state index is 11.7. The van der Waals surface area contributed by atoms with Gasteiger partial charge in [-0.3, -0.25) is 4.79 Å². The molecule has 0 aliphatic rings. The molecule has 0 saturated carbocycles. The number of carbonyl (C=O) groups is 1. The first-order chi connectivity index (χ1) is 9.15. The number of hydrazone groups is 1. The number of nitrogens with zero attached hydrogens (tertiary/aromatic N) is 1. The molecule has 0 aromatic heterocycles. The van der Waals surface area contributed by atoms with Crippen LogP contribution in [-0.4, -0.2) is 22.3 Å². The minimum atomic E-state index is -0.411. The molecule has 19 heavy (non-hydrogen) atoms. The first-order valence-corrected chi connectivity index (χ1v) is 5.56. The molecule has 0 heterocycles. The molecule has 0 radical (unpaired) electrons. The van der Waals surface area contributed by atoms with E-state index in [2.05, 4.69) is 10.5 Å². The highest BCUT2D eigenvalue weighted by Crippen LogP contribution is 2.10. The van der Waals surface area contributed by atoms with Crippen LogP contribution in [0, 0.1) is 0 Å². The van der Waals surface area contributed by atoms with Gasteiger partial charge in [0.05, 0.1) is 6.21 Å². The van der Waals surface area contributed by atoms with E-state index in [0.29, 0.717) is 5.56 Å². The molecule has 2 aromatic rings. The van der Waals surface area contributed by atoms with Gasteiger partial charge in [0.1, 0.15) is 11.5 Å². The summed E-state index contributed by atoms with van der Waals surface area (Å²) in [6.07, 6.45) is 1.46. The molecular formula is C14H12N2O3. The minimum absolute atomic E-state index is 0.0233. The molecule has 2 rings (SSSR count). The number of amides is 1. The Morgan fingerprint density at radius 1 is 1.05 bits per heavy atom. The van der Waals surface area contributed by atoms with E-state index < -0.39 is 5.91 Å². The van der Waals surface area contributed by atoms with Gasteiger partial charge in [0.2, 0.25) is 0 Å². The Hall–Kier alpha value is -2.82. The Balaban J connectivity index is 1.98.